The molecular formula is C13H12FNO4S2. The highest BCUT2D eigenvalue weighted by atomic mass is 32.2. The van der Waals surface area contributed by atoms with Crippen molar-refractivity contribution in [3.8, 4) is 0 Å². The van der Waals surface area contributed by atoms with Crippen LogP contribution in [0.1, 0.15) is 20.8 Å². The fourth-order valence-electron chi connectivity index (χ4n) is 1.85. The number of thiophene rings is 1. The summed E-state index contributed by atoms with van der Waals surface area (Å²) in [7, 11) is -4.05. The molecular weight excluding hydrogens is 317 g/mol. The van der Waals surface area contributed by atoms with Crippen molar-refractivity contribution >= 4 is 33.0 Å². The summed E-state index contributed by atoms with van der Waals surface area (Å²) < 4.78 is 40.1. The van der Waals surface area contributed by atoms with Gasteiger partial charge in [-0.1, -0.05) is 0 Å². The summed E-state index contributed by atoms with van der Waals surface area (Å²) in [4.78, 5) is 10.6. The molecule has 2 rings (SSSR count). The Morgan fingerprint density at radius 2 is 1.95 bits per heavy atom. The third kappa shape index (κ3) is 3.06. The molecule has 0 aliphatic carbocycles. The lowest BCUT2D eigenvalue weighted by atomic mass is 10.2. The predicted octanol–water partition coefficient (Wildman–Crippen LogP) is 3.00. The molecule has 0 radical (unpaired) electrons. The first kappa shape index (κ1) is 15.5. The van der Waals surface area contributed by atoms with Gasteiger partial charge in [-0.05, 0) is 48.6 Å². The summed E-state index contributed by atoms with van der Waals surface area (Å²) in [5.41, 5.74) is 0.964. The molecule has 1 aromatic heterocycles. The molecule has 0 unspecified atom stereocenters. The predicted molar refractivity (Wildman–Crippen MR) is 78.0 cm³/mol. The van der Waals surface area contributed by atoms with Gasteiger partial charge in [0.15, 0.2) is 0 Å². The zero-order valence-electron chi connectivity index (χ0n) is 11.2. The number of sulfonamides is 1. The summed E-state index contributed by atoms with van der Waals surface area (Å²) in [6.07, 6.45) is 0. The molecule has 0 bridgehead atoms. The minimum Gasteiger partial charge on any atom is -0.477 e. The number of carboxylic acids is 1. The third-order valence-corrected chi connectivity index (χ3v) is 5.58. The maximum absolute atomic E-state index is 13.0. The number of hydrogen-bond donors (Lipinski definition) is 2. The van der Waals surface area contributed by atoms with Crippen LogP contribution in [-0.4, -0.2) is 19.5 Å². The van der Waals surface area contributed by atoms with Gasteiger partial charge in [0.25, 0.3) is 10.0 Å². The molecule has 0 amide bonds. The van der Waals surface area contributed by atoms with Crippen LogP contribution >= 0.6 is 11.3 Å². The fourth-order valence-corrected chi connectivity index (χ4v) is 4.62. The number of aromatic carboxylic acids is 1. The molecule has 0 saturated carbocycles. The van der Waals surface area contributed by atoms with Crippen molar-refractivity contribution in [2.45, 2.75) is 18.7 Å². The number of carbonyl (C=O) groups is 1. The third-order valence-electron chi connectivity index (χ3n) is 2.81. The van der Waals surface area contributed by atoms with Crippen LogP contribution in [0.3, 0.4) is 0 Å². The molecule has 112 valence electrons. The zero-order chi connectivity index (χ0) is 15.8. The lowest BCUT2D eigenvalue weighted by Crippen LogP contribution is -2.17. The van der Waals surface area contributed by atoms with E-state index >= 15 is 0 Å². The Kier molecular flexibility index (Phi) is 4.02. The number of anilines is 1. The smallest absolute Gasteiger partial charge is 0.347 e. The first-order chi connectivity index (χ1) is 9.72. The average Bonchev–Trinajstić information content (AvgIpc) is 2.76. The lowest BCUT2D eigenvalue weighted by Gasteiger charge is -2.11. The van der Waals surface area contributed by atoms with Crippen LogP contribution in [-0.2, 0) is 10.0 Å². The number of aryl methyl sites for hydroxylation is 2. The molecule has 0 aliphatic rings. The molecule has 0 saturated heterocycles. The van der Waals surface area contributed by atoms with Gasteiger partial charge in [-0.15, -0.1) is 11.3 Å². The summed E-state index contributed by atoms with van der Waals surface area (Å²) in [5, 5.41) is 10.5. The van der Waals surface area contributed by atoms with E-state index in [-0.39, 0.29) is 15.5 Å². The molecule has 1 heterocycles. The maximum Gasteiger partial charge on any atom is 0.347 e. The monoisotopic (exact) mass is 329 g/mol. The Morgan fingerprint density at radius 1 is 1.29 bits per heavy atom. The Morgan fingerprint density at radius 3 is 2.52 bits per heavy atom. The highest BCUT2D eigenvalue weighted by Gasteiger charge is 2.27. The molecule has 8 heteroatoms. The molecule has 0 aliphatic heterocycles. The molecule has 5 nitrogen and oxygen atoms in total. The zero-order valence-corrected chi connectivity index (χ0v) is 12.8. The lowest BCUT2D eigenvalue weighted by molar-refractivity contribution is 0.0698. The van der Waals surface area contributed by atoms with Crippen LogP contribution in [0.25, 0.3) is 0 Å². The van der Waals surface area contributed by atoms with Gasteiger partial charge in [-0.3, -0.25) is 4.72 Å². The molecule has 2 aromatic rings. The van der Waals surface area contributed by atoms with E-state index in [1.54, 1.807) is 6.92 Å². The van der Waals surface area contributed by atoms with Crippen molar-refractivity contribution in [1.82, 2.24) is 0 Å². The second-order valence-corrected chi connectivity index (χ2v) is 6.95. The van der Waals surface area contributed by atoms with E-state index in [0.717, 1.165) is 17.4 Å². The van der Waals surface area contributed by atoms with Crippen LogP contribution < -0.4 is 4.72 Å². The first-order valence-corrected chi connectivity index (χ1v) is 8.19. The normalized spacial score (nSPS) is 11.4. The van der Waals surface area contributed by atoms with Gasteiger partial charge < -0.3 is 5.11 Å². The molecule has 2 N–H and O–H groups in total. The van der Waals surface area contributed by atoms with Crippen molar-refractivity contribution in [3.05, 3.63) is 45.4 Å². The number of halogens is 1. The summed E-state index contributed by atoms with van der Waals surface area (Å²) >= 11 is 0.850. The van der Waals surface area contributed by atoms with Crippen molar-refractivity contribution in [3.63, 3.8) is 0 Å². The van der Waals surface area contributed by atoms with Crippen molar-refractivity contribution in [2.75, 3.05) is 4.72 Å². The van der Waals surface area contributed by atoms with Gasteiger partial charge in [0.2, 0.25) is 0 Å². The van der Waals surface area contributed by atoms with E-state index in [0.29, 0.717) is 11.1 Å². The van der Waals surface area contributed by atoms with E-state index in [1.165, 1.54) is 24.4 Å². The number of benzene rings is 1. The molecule has 1 aromatic carbocycles. The van der Waals surface area contributed by atoms with Crippen molar-refractivity contribution in [1.29, 1.82) is 0 Å². The van der Waals surface area contributed by atoms with Gasteiger partial charge in [0.05, 0.1) is 5.69 Å². The van der Waals surface area contributed by atoms with Crippen molar-refractivity contribution in [2.24, 2.45) is 0 Å². The molecule has 21 heavy (non-hydrogen) atoms. The van der Waals surface area contributed by atoms with E-state index in [9.17, 15) is 17.6 Å². The van der Waals surface area contributed by atoms with Gasteiger partial charge >= 0.3 is 5.97 Å². The van der Waals surface area contributed by atoms with E-state index in [4.69, 9.17) is 5.11 Å². The van der Waals surface area contributed by atoms with Crippen LogP contribution in [0.15, 0.2) is 28.5 Å². The summed E-state index contributed by atoms with van der Waals surface area (Å²) in [6.45, 7) is 3.08. The van der Waals surface area contributed by atoms with Gasteiger partial charge in [0.1, 0.15) is 15.6 Å². The quantitative estimate of drug-likeness (QED) is 0.903. The summed E-state index contributed by atoms with van der Waals surface area (Å²) in [6, 6.07) is 3.62. The Labute approximate surface area is 125 Å². The Hall–Kier alpha value is -1.93. The Bertz CT molecular complexity index is 812. The minimum atomic E-state index is -4.05. The topological polar surface area (TPSA) is 83.5 Å². The number of carboxylic acid groups (broad SMARTS) is 1. The highest BCUT2D eigenvalue weighted by molar-refractivity contribution is 7.93. The number of hydrogen-bond acceptors (Lipinski definition) is 4. The number of rotatable bonds is 4. The van der Waals surface area contributed by atoms with Crippen LogP contribution in [0.4, 0.5) is 10.1 Å². The van der Waals surface area contributed by atoms with E-state index < -0.39 is 21.8 Å². The minimum absolute atomic E-state index is 0.207. The largest absolute Gasteiger partial charge is 0.477 e. The fraction of sp³-hybridized carbons (Fsp3) is 0.154. The second-order valence-electron chi connectivity index (χ2n) is 4.45. The highest BCUT2D eigenvalue weighted by Crippen LogP contribution is 2.29. The van der Waals surface area contributed by atoms with Crippen LogP contribution in [0.5, 0.6) is 0 Å². The first-order valence-electron chi connectivity index (χ1n) is 5.82. The van der Waals surface area contributed by atoms with Gasteiger partial charge in [0, 0.05) is 0 Å². The summed E-state index contributed by atoms with van der Waals surface area (Å²) in [5.74, 6) is -1.78. The average molecular weight is 329 g/mol. The SMILES string of the molecule is Cc1cc(F)ccc1NS(=O)(=O)c1c(C)csc1C(=O)O. The van der Waals surface area contributed by atoms with Crippen molar-refractivity contribution < 1.29 is 22.7 Å². The molecule has 0 atom stereocenters. The van der Waals surface area contributed by atoms with E-state index in [1.807, 2.05) is 0 Å². The number of nitrogens with one attached hydrogen (secondary N) is 1. The van der Waals surface area contributed by atoms with E-state index in [2.05, 4.69) is 4.72 Å². The molecule has 0 spiro atoms. The second kappa shape index (κ2) is 5.45. The van der Waals surface area contributed by atoms with Gasteiger partial charge in [-0.2, -0.15) is 0 Å². The Balaban J connectivity index is 2.48. The molecule has 0 fully saturated rings. The van der Waals surface area contributed by atoms with Crippen LogP contribution in [0.2, 0.25) is 0 Å². The van der Waals surface area contributed by atoms with Gasteiger partial charge in [-0.25, -0.2) is 17.6 Å². The standard InChI is InChI=1S/C13H12FNO4S2/c1-7-5-9(14)3-4-10(7)15-21(18,19)12-8(2)6-20-11(12)13(16)17/h3-6,15H,1-2H3,(H,16,17). The van der Waals surface area contributed by atoms with Crippen LogP contribution in [0, 0.1) is 19.7 Å². The maximum atomic E-state index is 13.0.